The lowest BCUT2D eigenvalue weighted by atomic mass is 9.97. The summed E-state index contributed by atoms with van der Waals surface area (Å²) in [6.45, 7) is 8.41. The maximum Gasteiger partial charge on any atom is 0.138 e. The van der Waals surface area contributed by atoms with Gasteiger partial charge < -0.3 is 5.73 Å². The van der Waals surface area contributed by atoms with Crippen LogP contribution in [0.3, 0.4) is 0 Å². The maximum absolute atomic E-state index is 11.9. The van der Waals surface area contributed by atoms with E-state index < -0.39 is 0 Å². The number of carbonyl (C=O) groups is 1. The van der Waals surface area contributed by atoms with Crippen LogP contribution in [0.15, 0.2) is 0 Å². The van der Waals surface area contributed by atoms with E-state index in [9.17, 15) is 4.79 Å². The van der Waals surface area contributed by atoms with E-state index in [1.807, 2.05) is 27.7 Å². The Morgan fingerprint density at radius 2 is 2.11 bits per heavy atom. The molecule has 0 aliphatic carbocycles. The van der Waals surface area contributed by atoms with Crippen molar-refractivity contribution in [2.24, 2.45) is 5.73 Å². The van der Waals surface area contributed by atoms with Crippen molar-refractivity contribution in [1.82, 2.24) is 9.78 Å². The number of nitrogens with two attached hydrogens (primary N) is 1. The number of rotatable bonds is 6. The number of nitrogens with zero attached hydrogens (tertiary/aromatic N) is 2. The summed E-state index contributed by atoms with van der Waals surface area (Å²) < 4.78 is 1.79. The van der Waals surface area contributed by atoms with Gasteiger partial charge in [-0.2, -0.15) is 5.10 Å². The lowest BCUT2D eigenvalue weighted by Gasteiger charge is -2.17. The fourth-order valence-electron chi connectivity index (χ4n) is 1.77. The predicted octanol–water partition coefficient (Wildman–Crippen LogP) is 2.49. The zero-order valence-corrected chi connectivity index (χ0v) is 12.3. The molecule has 0 bridgehead atoms. The van der Waals surface area contributed by atoms with Gasteiger partial charge in [-0.1, -0.05) is 11.6 Å². The molecule has 102 valence electrons. The molecule has 0 aliphatic rings. The van der Waals surface area contributed by atoms with Crippen molar-refractivity contribution >= 4 is 17.4 Å². The first-order chi connectivity index (χ1) is 8.24. The van der Waals surface area contributed by atoms with Crippen molar-refractivity contribution in [3.05, 3.63) is 16.4 Å². The van der Waals surface area contributed by atoms with Crippen molar-refractivity contribution in [2.45, 2.75) is 59.0 Å². The predicted molar refractivity (Wildman–Crippen MR) is 73.9 cm³/mol. The van der Waals surface area contributed by atoms with Gasteiger partial charge in [-0.15, -0.1) is 0 Å². The van der Waals surface area contributed by atoms with Crippen LogP contribution >= 0.6 is 11.6 Å². The summed E-state index contributed by atoms with van der Waals surface area (Å²) >= 11 is 6.17. The third kappa shape index (κ3) is 4.10. The van der Waals surface area contributed by atoms with Crippen LogP contribution in [0.25, 0.3) is 0 Å². The molecule has 1 rings (SSSR count). The minimum atomic E-state index is -0.305. The third-order valence-corrected chi connectivity index (χ3v) is 3.36. The Labute approximate surface area is 113 Å². The number of carbonyl (C=O) groups excluding carboxylic acids is 1. The van der Waals surface area contributed by atoms with Crippen LogP contribution in [0.1, 0.15) is 45.0 Å². The first-order valence-electron chi connectivity index (χ1n) is 6.27. The number of halogens is 1. The molecule has 18 heavy (non-hydrogen) atoms. The van der Waals surface area contributed by atoms with Gasteiger partial charge in [0.05, 0.1) is 16.4 Å². The summed E-state index contributed by atoms with van der Waals surface area (Å²) in [6.07, 6.45) is 1.50. The van der Waals surface area contributed by atoms with Crippen LogP contribution in [0, 0.1) is 6.92 Å². The fraction of sp³-hybridized carbons (Fsp3) is 0.692. The zero-order valence-electron chi connectivity index (χ0n) is 11.6. The average molecular weight is 272 g/mol. The van der Waals surface area contributed by atoms with Crippen LogP contribution in [0.2, 0.25) is 5.02 Å². The Morgan fingerprint density at radius 3 is 2.61 bits per heavy atom. The fourth-order valence-corrected chi connectivity index (χ4v) is 1.98. The van der Waals surface area contributed by atoms with E-state index in [1.54, 1.807) is 4.68 Å². The van der Waals surface area contributed by atoms with Gasteiger partial charge in [-0.3, -0.25) is 9.48 Å². The molecule has 0 atom stereocenters. The van der Waals surface area contributed by atoms with Gasteiger partial charge in [0, 0.05) is 24.9 Å². The Kier molecular flexibility index (Phi) is 4.93. The molecule has 0 saturated carbocycles. The minimum Gasteiger partial charge on any atom is -0.326 e. The molecule has 0 aromatic carbocycles. The average Bonchev–Trinajstić information content (AvgIpc) is 2.53. The highest BCUT2D eigenvalue weighted by Crippen LogP contribution is 2.21. The summed E-state index contributed by atoms with van der Waals surface area (Å²) in [6, 6.07) is 0. The van der Waals surface area contributed by atoms with E-state index in [1.165, 1.54) is 0 Å². The number of Topliss-reactive ketones (excluding diaryl/α,β-unsaturated/α-hetero) is 1. The van der Waals surface area contributed by atoms with Crippen molar-refractivity contribution in [3.63, 3.8) is 0 Å². The van der Waals surface area contributed by atoms with Gasteiger partial charge in [0.15, 0.2) is 0 Å². The normalized spacial score (nSPS) is 11.9. The van der Waals surface area contributed by atoms with Crippen LogP contribution in [0.4, 0.5) is 0 Å². The van der Waals surface area contributed by atoms with E-state index >= 15 is 0 Å². The monoisotopic (exact) mass is 271 g/mol. The quantitative estimate of drug-likeness (QED) is 0.865. The largest absolute Gasteiger partial charge is 0.326 e. The Morgan fingerprint density at radius 1 is 1.50 bits per heavy atom. The maximum atomic E-state index is 11.9. The second-order valence-electron chi connectivity index (χ2n) is 5.37. The topological polar surface area (TPSA) is 60.9 Å². The lowest BCUT2D eigenvalue weighted by Crippen LogP contribution is -2.32. The molecule has 0 unspecified atom stereocenters. The van der Waals surface area contributed by atoms with Crippen molar-refractivity contribution in [1.29, 1.82) is 0 Å². The summed E-state index contributed by atoms with van der Waals surface area (Å²) in [5.41, 5.74) is 7.16. The smallest absolute Gasteiger partial charge is 0.138 e. The Bertz CT molecular complexity index is 432. The molecule has 5 heteroatoms. The minimum absolute atomic E-state index is 0.157. The van der Waals surface area contributed by atoms with Crippen molar-refractivity contribution < 1.29 is 4.79 Å². The molecule has 4 nitrogen and oxygen atoms in total. The summed E-state index contributed by atoms with van der Waals surface area (Å²) in [5, 5.41) is 4.91. The number of ketones is 1. The van der Waals surface area contributed by atoms with Crippen LogP contribution in [-0.4, -0.2) is 21.1 Å². The van der Waals surface area contributed by atoms with Gasteiger partial charge in [0.1, 0.15) is 5.78 Å². The zero-order chi connectivity index (χ0) is 13.9. The lowest BCUT2D eigenvalue weighted by molar-refractivity contribution is -0.118. The second-order valence-corrected chi connectivity index (χ2v) is 5.74. The molecule has 0 amide bonds. The first-order valence-corrected chi connectivity index (χ1v) is 6.64. The molecular weight excluding hydrogens is 250 g/mol. The molecule has 0 fully saturated rings. The molecule has 0 saturated heterocycles. The van der Waals surface area contributed by atoms with E-state index in [0.717, 1.165) is 17.9 Å². The molecule has 1 aromatic rings. The highest BCUT2D eigenvalue weighted by Gasteiger charge is 2.18. The number of aryl methyl sites for hydroxylation is 2. The van der Waals surface area contributed by atoms with Crippen LogP contribution in [0.5, 0.6) is 0 Å². The van der Waals surface area contributed by atoms with Crippen molar-refractivity contribution in [2.75, 3.05) is 0 Å². The molecule has 0 aliphatic heterocycles. The molecule has 1 heterocycles. The first kappa shape index (κ1) is 15.2. The van der Waals surface area contributed by atoms with Crippen LogP contribution in [-0.2, 0) is 17.8 Å². The number of hydrogen-bond donors (Lipinski definition) is 1. The third-order valence-electron chi connectivity index (χ3n) is 2.87. The number of aromatic nitrogens is 2. The highest BCUT2D eigenvalue weighted by molar-refractivity contribution is 6.32. The second kappa shape index (κ2) is 5.85. The van der Waals surface area contributed by atoms with E-state index in [0.29, 0.717) is 24.3 Å². The Hall–Kier alpha value is -0.870. The van der Waals surface area contributed by atoms with Crippen LogP contribution < -0.4 is 5.73 Å². The molecule has 1 aromatic heterocycles. The molecule has 0 spiro atoms. The van der Waals surface area contributed by atoms with E-state index in [2.05, 4.69) is 5.10 Å². The summed E-state index contributed by atoms with van der Waals surface area (Å²) in [4.78, 5) is 11.9. The van der Waals surface area contributed by atoms with Crippen molar-refractivity contribution in [3.8, 4) is 0 Å². The SMILES string of the molecule is CCn1nc(C)c(Cl)c1CC(=O)CCC(C)(C)N. The standard InChI is InChI=1S/C13H22ClN3O/c1-5-17-11(12(14)9(2)16-17)8-10(18)6-7-13(3,4)15/h5-8,15H2,1-4H3. The van der Waals surface area contributed by atoms with Gasteiger partial charge >= 0.3 is 0 Å². The molecule has 2 N–H and O–H groups in total. The molecule has 0 radical (unpaired) electrons. The molecular formula is C13H22ClN3O. The van der Waals surface area contributed by atoms with Gasteiger partial charge in [-0.05, 0) is 34.1 Å². The van der Waals surface area contributed by atoms with Gasteiger partial charge in [0.2, 0.25) is 0 Å². The highest BCUT2D eigenvalue weighted by atomic mass is 35.5. The summed E-state index contributed by atoms with van der Waals surface area (Å²) in [7, 11) is 0. The van der Waals surface area contributed by atoms with E-state index in [4.69, 9.17) is 17.3 Å². The van der Waals surface area contributed by atoms with E-state index in [-0.39, 0.29) is 11.3 Å². The van der Waals surface area contributed by atoms with Gasteiger partial charge in [0.25, 0.3) is 0 Å². The van der Waals surface area contributed by atoms with Gasteiger partial charge in [-0.25, -0.2) is 0 Å². The summed E-state index contributed by atoms with van der Waals surface area (Å²) in [5.74, 6) is 0.157. The number of hydrogen-bond acceptors (Lipinski definition) is 3. The Balaban J connectivity index is 2.70.